The summed E-state index contributed by atoms with van der Waals surface area (Å²) in [4.78, 5) is 27.2. The van der Waals surface area contributed by atoms with Gasteiger partial charge in [-0.3, -0.25) is 4.79 Å². The number of hydrogen-bond donors (Lipinski definition) is 2. The summed E-state index contributed by atoms with van der Waals surface area (Å²) in [5.41, 5.74) is 9.68. The van der Waals surface area contributed by atoms with Crippen molar-refractivity contribution in [1.82, 2.24) is 4.98 Å². The Labute approximate surface area is 139 Å². The number of nitrogen functional groups attached to an aromatic ring is 1. The largest absolute Gasteiger partial charge is 0.461 e. The summed E-state index contributed by atoms with van der Waals surface area (Å²) < 4.78 is 5.16. The number of esters is 1. The smallest absolute Gasteiger partial charge is 0.355 e. The van der Waals surface area contributed by atoms with Crippen molar-refractivity contribution >= 4 is 28.3 Å². The van der Waals surface area contributed by atoms with E-state index in [0.29, 0.717) is 22.5 Å². The van der Waals surface area contributed by atoms with Crippen LogP contribution in [-0.4, -0.2) is 23.3 Å². The van der Waals surface area contributed by atoms with E-state index in [2.05, 4.69) is 4.98 Å². The molecule has 0 spiro atoms. The molecule has 0 unspecified atom stereocenters. The van der Waals surface area contributed by atoms with Crippen LogP contribution in [0.25, 0.3) is 22.0 Å². The summed E-state index contributed by atoms with van der Waals surface area (Å²) in [5.74, 6) is -0.455. The van der Waals surface area contributed by atoms with Crippen molar-refractivity contribution in [3.63, 3.8) is 0 Å². The number of carbonyl (C=O) groups excluding carboxylic acids is 2. The van der Waals surface area contributed by atoms with Crippen LogP contribution < -0.4 is 5.73 Å². The van der Waals surface area contributed by atoms with E-state index in [0.717, 1.165) is 16.5 Å². The molecule has 0 saturated carbocycles. The first-order valence-electron chi connectivity index (χ1n) is 7.71. The van der Waals surface area contributed by atoms with E-state index < -0.39 is 5.97 Å². The number of ether oxygens (including phenoxy) is 1. The quantitative estimate of drug-likeness (QED) is 0.435. The highest BCUT2D eigenvalue weighted by Gasteiger charge is 2.20. The minimum Gasteiger partial charge on any atom is -0.461 e. The first-order chi connectivity index (χ1) is 11.5. The second-order valence-corrected chi connectivity index (χ2v) is 5.53. The van der Waals surface area contributed by atoms with Gasteiger partial charge in [0.15, 0.2) is 5.78 Å². The molecule has 3 aromatic rings. The molecule has 0 amide bonds. The first-order valence-corrected chi connectivity index (χ1v) is 7.71. The van der Waals surface area contributed by atoms with Gasteiger partial charge in [-0.15, -0.1) is 0 Å². The average molecular weight is 322 g/mol. The Morgan fingerprint density at radius 2 is 1.83 bits per heavy atom. The lowest BCUT2D eigenvalue weighted by Crippen LogP contribution is -2.06. The lowest BCUT2D eigenvalue weighted by Gasteiger charge is -2.06. The van der Waals surface area contributed by atoms with E-state index in [9.17, 15) is 9.59 Å². The number of hydrogen-bond acceptors (Lipinski definition) is 4. The molecule has 1 aromatic heterocycles. The molecule has 24 heavy (non-hydrogen) atoms. The van der Waals surface area contributed by atoms with E-state index in [1.54, 1.807) is 37.3 Å². The number of Topliss-reactive ketones (excluding diaryl/α,β-unsaturated/α-hetero) is 1. The molecule has 0 atom stereocenters. The number of nitrogens with one attached hydrogen (secondary N) is 1. The third-order valence-electron chi connectivity index (χ3n) is 3.88. The molecule has 0 saturated heterocycles. The molecular weight excluding hydrogens is 304 g/mol. The van der Waals surface area contributed by atoms with Gasteiger partial charge >= 0.3 is 5.97 Å². The lowest BCUT2D eigenvalue weighted by atomic mass is 9.99. The van der Waals surface area contributed by atoms with Crippen LogP contribution in [-0.2, 0) is 4.74 Å². The van der Waals surface area contributed by atoms with Gasteiger partial charge in [-0.1, -0.05) is 12.1 Å². The van der Waals surface area contributed by atoms with Gasteiger partial charge in [0.1, 0.15) is 5.69 Å². The fourth-order valence-electron chi connectivity index (χ4n) is 2.72. The molecule has 2 aromatic carbocycles. The SMILES string of the molecule is CCOC(=O)c1[nH]c2ccc(C(C)=O)cc2c1-c1ccc(N)cc1. The zero-order chi connectivity index (χ0) is 17.3. The van der Waals surface area contributed by atoms with E-state index in [4.69, 9.17) is 10.5 Å². The number of fused-ring (bicyclic) bond motifs is 1. The van der Waals surface area contributed by atoms with Crippen LogP contribution in [0.4, 0.5) is 5.69 Å². The van der Waals surface area contributed by atoms with Crippen molar-refractivity contribution in [3.8, 4) is 11.1 Å². The van der Waals surface area contributed by atoms with Gasteiger partial charge in [-0.2, -0.15) is 0 Å². The molecule has 122 valence electrons. The topological polar surface area (TPSA) is 85.2 Å². The second kappa shape index (κ2) is 6.20. The maximum absolute atomic E-state index is 12.3. The molecule has 1 heterocycles. The minimum atomic E-state index is -0.426. The van der Waals surface area contributed by atoms with Crippen molar-refractivity contribution in [2.24, 2.45) is 0 Å². The van der Waals surface area contributed by atoms with Gasteiger partial charge in [-0.25, -0.2) is 4.79 Å². The van der Waals surface area contributed by atoms with Crippen molar-refractivity contribution in [3.05, 3.63) is 53.7 Å². The van der Waals surface area contributed by atoms with Crippen LogP contribution in [0.3, 0.4) is 0 Å². The highest BCUT2D eigenvalue weighted by molar-refractivity contribution is 6.10. The van der Waals surface area contributed by atoms with E-state index >= 15 is 0 Å². The zero-order valence-corrected chi connectivity index (χ0v) is 13.6. The Bertz CT molecular complexity index is 924. The Morgan fingerprint density at radius 3 is 2.46 bits per heavy atom. The normalized spacial score (nSPS) is 10.8. The molecule has 5 heteroatoms. The number of carbonyl (C=O) groups is 2. The molecule has 0 aliphatic carbocycles. The predicted octanol–water partition coefficient (Wildman–Crippen LogP) is 3.80. The monoisotopic (exact) mass is 322 g/mol. The maximum atomic E-state index is 12.3. The third kappa shape index (κ3) is 2.76. The Hall–Kier alpha value is -3.08. The second-order valence-electron chi connectivity index (χ2n) is 5.53. The summed E-state index contributed by atoms with van der Waals surface area (Å²) in [7, 11) is 0. The molecule has 0 aliphatic heterocycles. The van der Waals surface area contributed by atoms with E-state index in [1.165, 1.54) is 6.92 Å². The summed E-state index contributed by atoms with van der Waals surface area (Å²) in [6.45, 7) is 3.56. The third-order valence-corrected chi connectivity index (χ3v) is 3.88. The number of nitrogens with two attached hydrogens (primary N) is 1. The number of H-pyrrole nitrogens is 1. The highest BCUT2D eigenvalue weighted by atomic mass is 16.5. The average Bonchev–Trinajstić information content (AvgIpc) is 2.94. The zero-order valence-electron chi connectivity index (χ0n) is 13.6. The van der Waals surface area contributed by atoms with Gasteiger partial charge in [-0.05, 0) is 49.7 Å². The number of benzene rings is 2. The predicted molar refractivity (Wildman–Crippen MR) is 94.1 cm³/mol. The minimum absolute atomic E-state index is 0.0287. The van der Waals surface area contributed by atoms with Crippen LogP contribution in [0.5, 0.6) is 0 Å². The lowest BCUT2D eigenvalue weighted by molar-refractivity contribution is 0.0521. The molecule has 5 nitrogen and oxygen atoms in total. The van der Waals surface area contributed by atoms with Gasteiger partial charge < -0.3 is 15.5 Å². The number of anilines is 1. The van der Waals surface area contributed by atoms with Gasteiger partial charge in [0.2, 0.25) is 0 Å². The molecule has 0 bridgehead atoms. The number of aromatic amines is 1. The van der Waals surface area contributed by atoms with Crippen molar-refractivity contribution in [2.75, 3.05) is 12.3 Å². The number of ketones is 1. The Balaban J connectivity index is 2.29. The first kappa shape index (κ1) is 15.8. The van der Waals surface area contributed by atoms with Gasteiger partial charge in [0.05, 0.1) is 6.61 Å². The highest BCUT2D eigenvalue weighted by Crippen LogP contribution is 2.34. The van der Waals surface area contributed by atoms with E-state index in [1.807, 2.05) is 12.1 Å². The van der Waals surface area contributed by atoms with Crippen LogP contribution >= 0.6 is 0 Å². The molecule has 0 fully saturated rings. The fraction of sp³-hybridized carbons (Fsp3) is 0.158. The summed E-state index contributed by atoms with van der Waals surface area (Å²) in [6, 6.07) is 12.6. The Morgan fingerprint density at radius 1 is 1.12 bits per heavy atom. The Kier molecular flexibility index (Phi) is 4.08. The maximum Gasteiger partial charge on any atom is 0.355 e. The fourth-order valence-corrected chi connectivity index (χ4v) is 2.72. The van der Waals surface area contributed by atoms with Crippen LogP contribution in [0.1, 0.15) is 34.7 Å². The van der Waals surface area contributed by atoms with Crippen LogP contribution in [0.15, 0.2) is 42.5 Å². The van der Waals surface area contributed by atoms with Gasteiger partial charge in [0.25, 0.3) is 0 Å². The number of rotatable bonds is 4. The summed E-state index contributed by atoms with van der Waals surface area (Å²) >= 11 is 0. The van der Waals surface area contributed by atoms with Crippen molar-refractivity contribution in [1.29, 1.82) is 0 Å². The van der Waals surface area contributed by atoms with Crippen LogP contribution in [0, 0.1) is 0 Å². The molecule has 0 aliphatic rings. The molecule has 3 N–H and O–H groups in total. The molecule has 3 rings (SSSR count). The summed E-state index contributed by atoms with van der Waals surface area (Å²) in [6.07, 6.45) is 0. The molecule has 0 radical (unpaired) electrons. The summed E-state index contributed by atoms with van der Waals surface area (Å²) in [5, 5.41) is 0.801. The van der Waals surface area contributed by atoms with Crippen molar-refractivity contribution in [2.45, 2.75) is 13.8 Å². The van der Waals surface area contributed by atoms with E-state index in [-0.39, 0.29) is 12.4 Å². The molecular formula is C19H18N2O3. The standard InChI is InChI=1S/C19H18N2O3/c1-3-24-19(23)18-17(12-4-7-14(20)8-5-12)15-10-13(11(2)22)6-9-16(15)21-18/h4-10,21H,3,20H2,1-2H3. The van der Waals surface area contributed by atoms with Crippen LogP contribution in [0.2, 0.25) is 0 Å². The van der Waals surface area contributed by atoms with Gasteiger partial charge in [0, 0.05) is 27.7 Å². The van der Waals surface area contributed by atoms with Crippen molar-refractivity contribution < 1.29 is 14.3 Å². The number of aromatic nitrogens is 1.